The summed E-state index contributed by atoms with van der Waals surface area (Å²) < 4.78 is 1.93. The summed E-state index contributed by atoms with van der Waals surface area (Å²) in [5.74, 6) is 0.563. The Balaban J connectivity index is 1.66. The second kappa shape index (κ2) is 5.60. The molecule has 1 aromatic carbocycles. The van der Waals surface area contributed by atoms with Crippen LogP contribution < -0.4 is 5.73 Å². The van der Waals surface area contributed by atoms with Gasteiger partial charge in [-0.05, 0) is 37.1 Å². The molecule has 1 aliphatic rings. The number of hydrogen-bond acceptors (Lipinski definition) is 3. The Bertz CT molecular complexity index is 641. The Morgan fingerprint density at radius 2 is 2.05 bits per heavy atom. The number of nitrogens with two attached hydrogens (primary N) is 1. The number of piperidine rings is 1. The van der Waals surface area contributed by atoms with Crippen LogP contribution in [-0.4, -0.2) is 33.7 Å². The smallest absolute Gasteiger partial charge is 0.253 e. The number of anilines is 1. The molecule has 0 spiro atoms. The molecule has 1 aromatic heterocycles. The summed E-state index contributed by atoms with van der Waals surface area (Å²) in [5, 5.41) is 4.23. The first kappa shape index (κ1) is 13.7. The maximum Gasteiger partial charge on any atom is 0.253 e. The molecule has 0 radical (unpaired) electrons. The topological polar surface area (TPSA) is 64.2 Å². The maximum atomic E-state index is 12.5. The number of likely N-dealkylation sites (tertiary alicyclic amines) is 1. The fourth-order valence-electron chi connectivity index (χ4n) is 3.02. The number of hydrogen-bond donors (Lipinski definition) is 1. The average Bonchev–Trinajstić information content (AvgIpc) is 2.93. The maximum absolute atomic E-state index is 12.5. The van der Waals surface area contributed by atoms with Crippen molar-refractivity contribution in [2.24, 2.45) is 7.05 Å². The van der Waals surface area contributed by atoms with Crippen molar-refractivity contribution in [3.8, 4) is 0 Å². The first-order valence-corrected chi connectivity index (χ1v) is 7.28. The van der Waals surface area contributed by atoms with E-state index in [1.165, 1.54) is 5.69 Å². The number of amides is 1. The van der Waals surface area contributed by atoms with Gasteiger partial charge in [-0.3, -0.25) is 9.48 Å². The molecule has 1 fully saturated rings. The molecule has 0 saturated carbocycles. The molecule has 21 heavy (non-hydrogen) atoms. The molecule has 0 bridgehead atoms. The molecular weight excluding hydrogens is 264 g/mol. The van der Waals surface area contributed by atoms with Gasteiger partial charge in [-0.2, -0.15) is 5.10 Å². The minimum atomic E-state index is 0.0748. The highest BCUT2D eigenvalue weighted by Crippen LogP contribution is 2.28. The number of aryl methyl sites for hydroxylation is 1. The molecule has 1 saturated heterocycles. The number of carbonyl (C=O) groups excluding carboxylic acids is 1. The molecule has 1 aliphatic heterocycles. The van der Waals surface area contributed by atoms with Gasteiger partial charge in [0, 0.05) is 49.2 Å². The van der Waals surface area contributed by atoms with Crippen molar-refractivity contribution in [2.45, 2.75) is 18.8 Å². The summed E-state index contributed by atoms with van der Waals surface area (Å²) in [4.78, 5) is 14.4. The Labute approximate surface area is 124 Å². The fourth-order valence-corrected chi connectivity index (χ4v) is 3.02. The molecule has 110 valence electrons. The zero-order valence-electron chi connectivity index (χ0n) is 12.2. The molecule has 2 N–H and O–H groups in total. The predicted molar refractivity (Wildman–Crippen MR) is 81.9 cm³/mol. The third-order valence-corrected chi connectivity index (χ3v) is 4.19. The van der Waals surface area contributed by atoms with Crippen LogP contribution in [0, 0.1) is 0 Å². The SMILES string of the molecule is Cn1nccc1C1CCN(C(=O)c2cccc(N)c2)CC1. The van der Waals surface area contributed by atoms with Crippen molar-refractivity contribution in [1.29, 1.82) is 0 Å². The standard InChI is InChI=1S/C16H20N4O/c1-19-15(5-8-18-19)12-6-9-20(10-7-12)16(21)13-3-2-4-14(17)11-13/h2-5,8,11-12H,6-7,9-10,17H2,1H3. The van der Waals surface area contributed by atoms with Gasteiger partial charge in [-0.25, -0.2) is 0 Å². The molecule has 1 amide bonds. The van der Waals surface area contributed by atoms with Crippen molar-refractivity contribution in [3.05, 3.63) is 47.8 Å². The van der Waals surface area contributed by atoms with Crippen LogP contribution in [0.25, 0.3) is 0 Å². The van der Waals surface area contributed by atoms with Crippen LogP contribution in [0.4, 0.5) is 5.69 Å². The molecule has 2 heterocycles. The number of aromatic nitrogens is 2. The lowest BCUT2D eigenvalue weighted by molar-refractivity contribution is 0.0711. The van der Waals surface area contributed by atoms with Crippen LogP contribution in [0.15, 0.2) is 36.5 Å². The zero-order valence-corrected chi connectivity index (χ0v) is 12.2. The lowest BCUT2D eigenvalue weighted by Gasteiger charge is -2.32. The van der Waals surface area contributed by atoms with Gasteiger partial charge < -0.3 is 10.6 Å². The van der Waals surface area contributed by atoms with Gasteiger partial charge in [0.1, 0.15) is 0 Å². The van der Waals surface area contributed by atoms with E-state index in [0.717, 1.165) is 25.9 Å². The molecule has 5 nitrogen and oxygen atoms in total. The van der Waals surface area contributed by atoms with Crippen LogP contribution in [-0.2, 0) is 7.05 Å². The van der Waals surface area contributed by atoms with Crippen molar-refractivity contribution >= 4 is 11.6 Å². The highest BCUT2D eigenvalue weighted by molar-refractivity contribution is 5.95. The van der Waals surface area contributed by atoms with Gasteiger partial charge in [0.15, 0.2) is 0 Å². The van der Waals surface area contributed by atoms with Crippen molar-refractivity contribution in [1.82, 2.24) is 14.7 Å². The van der Waals surface area contributed by atoms with E-state index in [9.17, 15) is 4.79 Å². The first-order chi connectivity index (χ1) is 10.1. The van der Waals surface area contributed by atoms with Gasteiger partial charge >= 0.3 is 0 Å². The van der Waals surface area contributed by atoms with E-state index < -0.39 is 0 Å². The average molecular weight is 284 g/mol. The van der Waals surface area contributed by atoms with Crippen LogP contribution in [0.1, 0.15) is 34.8 Å². The number of benzene rings is 1. The highest BCUT2D eigenvalue weighted by atomic mass is 16.2. The second-order valence-electron chi connectivity index (χ2n) is 5.57. The number of carbonyl (C=O) groups is 1. The van der Waals surface area contributed by atoms with E-state index in [1.807, 2.05) is 35.0 Å². The summed E-state index contributed by atoms with van der Waals surface area (Å²) in [6.07, 6.45) is 3.79. The van der Waals surface area contributed by atoms with E-state index in [-0.39, 0.29) is 5.91 Å². The molecule has 2 aromatic rings. The fraction of sp³-hybridized carbons (Fsp3) is 0.375. The summed E-state index contributed by atoms with van der Waals surface area (Å²) in [6, 6.07) is 9.26. The molecule has 5 heteroatoms. The summed E-state index contributed by atoms with van der Waals surface area (Å²) in [5.41, 5.74) is 8.31. The molecule has 0 unspecified atom stereocenters. The summed E-state index contributed by atoms with van der Waals surface area (Å²) in [6.45, 7) is 1.56. The number of nitrogen functional groups attached to an aromatic ring is 1. The van der Waals surface area contributed by atoms with Crippen LogP contribution in [0.2, 0.25) is 0 Å². The van der Waals surface area contributed by atoms with E-state index in [2.05, 4.69) is 11.2 Å². The van der Waals surface area contributed by atoms with Gasteiger partial charge in [-0.1, -0.05) is 6.07 Å². The lowest BCUT2D eigenvalue weighted by Crippen LogP contribution is -2.38. The largest absolute Gasteiger partial charge is 0.399 e. The van der Waals surface area contributed by atoms with Crippen molar-refractivity contribution < 1.29 is 4.79 Å². The quantitative estimate of drug-likeness (QED) is 0.858. The predicted octanol–water partition coefficient (Wildman–Crippen LogP) is 2.02. The van der Waals surface area contributed by atoms with E-state index >= 15 is 0 Å². The van der Waals surface area contributed by atoms with Crippen LogP contribution in [0.3, 0.4) is 0 Å². The van der Waals surface area contributed by atoms with Gasteiger partial charge in [-0.15, -0.1) is 0 Å². The normalized spacial score (nSPS) is 16.1. The molecular formula is C16H20N4O. The van der Waals surface area contributed by atoms with Crippen molar-refractivity contribution in [2.75, 3.05) is 18.8 Å². The van der Waals surface area contributed by atoms with Crippen LogP contribution in [0.5, 0.6) is 0 Å². The minimum absolute atomic E-state index is 0.0748. The molecule has 0 atom stereocenters. The number of nitrogens with zero attached hydrogens (tertiary/aromatic N) is 3. The minimum Gasteiger partial charge on any atom is -0.399 e. The molecule has 0 aliphatic carbocycles. The Morgan fingerprint density at radius 1 is 1.29 bits per heavy atom. The zero-order chi connectivity index (χ0) is 14.8. The Kier molecular flexibility index (Phi) is 3.64. The number of rotatable bonds is 2. The third-order valence-electron chi connectivity index (χ3n) is 4.19. The van der Waals surface area contributed by atoms with E-state index in [1.54, 1.807) is 12.1 Å². The van der Waals surface area contributed by atoms with Gasteiger partial charge in [0.25, 0.3) is 5.91 Å². The monoisotopic (exact) mass is 284 g/mol. The summed E-state index contributed by atoms with van der Waals surface area (Å²) >= 11 is 0. The Morgan fingerprint density at radius 3 is 2.67 bits per heavy atom. The summed E-state index contributed by atoms with van der Waals surface area (Å²) in [7, 11) is 1.97. The van der Waals surface area contributed by atoms with Gasteiger partial charge in [0.05, 0.1) is 0 Å². The van der Waals surface area contributed by atoms with E-state index in [0.29, 0.717) is 17.2 Å². The lowest BCUT2D eigenvalue weighted by atomic mass is 9.93. The Hall–Kier alpha value is -2.30. The van der Waals surface area contributed by atoms with Gasteiger partial charge in [0.2, 0.25) is 0 Å². The van der Waals surface area contributed by atoms with Crippen LogP contribution >= 0.6 is 0 Å². The highest BCUT2D eigenvalue weighted by Gasteiger charge is 2.25. The van der Waals surface area contributed by atoms with E-state index in [4.69, 9.17) is 5.73 Å². The second-order valence-corrected chi connectivity index (χ2v) is 5.57. The molecule has 3 rings (SSSR count). The van der Waals surface area contributed by atoms with Crippen molar-refractivity contribution in [3.63, 3.8) is 0 Å². The third kappa shape index (κ3) is 2.77. The first-order valence-electron chi connectivity index (χ1n) is 7.28.